The van der Waals surface area contributed by atoms with E-state index >= 15 is 0 Å². The van der Waals surface area contributed by atoms with E-state index in [4.69, 9.17) is 15.0 Å². The van der Waals surface area contributed by atoms with Crippen LogP contribution in [0.1, 0.15) is 45.2 Å². The van der Waals surface area contributed by atoms with Crippen molar-refractivity contribution in [2.75, 3.05) is 5.73 Å². The molecule has 1 fully saturated rings. The first-order valence-corrected chi connectivity index (χ1v) is 10.9. The zero-order valence-corrected chi connectivity index (χ0v) is 17.0. The van der Waals surface area contributed by atoms with Crippen LogP contribution in [0.2, 0.25) is 0 Å². The van der Waals surface area contributed by atoms with E-state index in [9.17, 15) is 24.8 Å². The first kappa shape index (κ1) is 20.6. The largest absolute Gasteiger partial charge is 0.387 e. The second-order valence-electron chi connectivity index (χ2n) is 7.67. The fourth-order valence-corrected chi connectivity index (χ4v) is 5.06. The van der Waals surface area contributed by atoms with Crippen molar-refractivity contribution in [2.45, 2.75) is 69.1 Å². The SMILES string of the molecule is CCC(C)(OP(=O)(O)C(C)O)C1c2nc3c(N)ncnc3n2C2O[C@H]1[C@@H](O)[C@H]2O. The molecule has 8 atom stereocenters. The minimum Gasteiger partial charge on any atom is -0.387 e. The average molecular weight is 429 g/mol. The first-order valence-electron chi connectivity index (χ1n) is 9.23. The van der Waals surface area contributed by atoms with Crippen LogP contribution in [0.5, 0.6) is 0 Å². The Labute approximate surface area is 165 Å². The molecule has 2 aliphatic heterocycles. The molecule has 6 N–H and O–H groups in total. The molecular formula is C16H24N5O7P. The summed E-state index contributed by atoms with van der Waals surface area (Å²) in [5.41, 5.74) is 5.13. The minimum absolute atomic E-state index is 0.123. The second kappa shape index (κ2) is 6.67. The number of imidazole rings is 1. The quantitative estimate of drug-likeness (QED) is 0.397. The number of anilines is 1. The Morgan fingerprint density at radius 3 is 2.72 bits per heavy atom. The highest BCUT2D eigenvalue weighted by Gasteiger charge is 2.60. The third kappa shape index (κ3) is 2.90. The summed E-state index contributed by atoms with van der Waals surface area (Å²) in [7, 11) is -4.42. The molecule has 1 saturated heterocycles. The van der Waals surface area contributed by atoms with Gasteiger partial charge >= 0.3 is 7.60 Å². The molecule has 2 aliphatic rings. The smallest absolute Gasteiger partial charge is 0.356 e. The van der Waals surface area contributed by atoms with Gasteiger partial charge in [-0.25, -0.2) is 15.0 Å². The van der Waals surface area contributed by atoms with Gasteiger partial charge in [0.15, 0.2) is 29.1 Å². The molecule has 12 nitrogen and oxygen atoms in total. The van der Waals surface area contributed by atoms with Crippen molar-refractivity contribution >= 4 is 24.6 Å². The maximum Gasteiger partial charge on any atom is 0.356 e. The van der Waals surface area contributed by atoms with Crippen molar-refractivity contribution in [3.63, 3.8) is 0 Å². The van der Waals surface area contributed by atoms with Crippen molar-refractivity contribution in [3.8, 4) is 0 Å². The molecule has 4 heterocycles. The molecule has 0 amide bonds. The minimum atomic E-state index is -4.42. The van der Waals surface area contributed by atoms with Crippen molar-refractivity contribution in [1.82, 2.24) is 19.5 Å². The van der Waals surface area contributed by atoms with Gasteiger partial charge in [0.05, 0.1) is 11.5 Å². The lowest BCUT2D eigenvalue weighted by Crippen LogP contribution is -2.48. The molecule has 0 saturated carbocycles. The predicted molar refractivity (Wildman–Crippen MR) is 99.7 cm³/mol. The standard InChI is InChI=1S/C16H24N5O7P/c1-4-16(3,28-29(25,26)6(2)22)7-11-9(23)10(24)15(27-11)21-13(7)20-8-12(17)18-5-19-14(8)21/h5-7,9-11,15,22-24H,4H2,1-3H3,(H,25,26)(H2,17,18,19)/t6?,7?,9-,10+,11+,15?,16?/m0/s1. The maximum absolute atomic E-state index is 12.5. The molecule has 29 heavy (non-hydrogen) atoms. The Morgan fingerprint density at radius 1 is 1.41 bits per heavy atom. The molecule has 0 aliphatic carbocycles. The number of aromatic nitrogens is 4. The number of rotatable bonds is 5. The van der Waals surface area contributed by atoms with E-state index in [2.05, 4.69) is 15.0 Å². The predicted octanol–water partition coefficient (Wildman–Crippen LogP) is -0.166. The number of nitrogen functional groups attached to an aromatic ring is 1. The molecule has 4 rings (SSSR count). The number of aliphatic hydroxyl groups excluding tert-OH is 3. The number of aliphatic hydroxyl groups is 3. The maximum atomic E-state index is 12.5. The molecule has 2 aromatic rings. The van der Waals surface area contributed by atoms with Crippen molar-refractivity contribution in [3.05, 3.63) is 12.2 Å². The van der Waals surface area contributed by atoms with Crippen LogP contribution in [0.4, 0.5) is 5.82 Å². The Balaban J connectivity index is 1.93. The van der Waals surface area contributed by atoms with E-state index in [1.807, 2.05) is 0 Å². The zero-order chi connectivity index (χ0) is 21.3. The van der Waals surface area contributed by atoms with E-state index < -0.39 is 49.5 Å². The summed E-state index contributed by atoms with van der Waals surface area (Å²) in [5.74, 6) is -2.04. The van der Waals surface area contributed by atoms with Crippen LogP contribution in [0, 0.1) is 0 Å². The van der Waals surface area contributed by atoms with Gasteiger partial charge in [-0.1, -0.05) is 6.92 Å². The van der Waals surface area contributed by atoms with Gasteiger partial charge in [0, 0.05) is 0 Å². The van der Waals surface area contributed by atoms with Crippen LogP contribution in [0.15, 0.2) is 6.33 Å². The van der Waals surface area contributed by atoms with Gasteiger partial charge in [0.1, 0.15) is 30.5 Å². The van der Waals surface area contributed by atoms with Gasteiger partial charge in [-0.05, 0) is 20.3 Å². The van der Waals surface area contributed by atoms with Crippen LogP contribution in [0.25, 0.3) is 11.2 Å². The summed E-state index contributed by atoms with van der Waals surface area (Å²) in [5, 5.41) is 30.9. The van der Waals surface area contributed by atoms with Crippen LogP contribution >= 0.6 is 7.60 Å². The number of hydrogen-bond donors (Lipinski definition) is 5. The normalized spacial score (nSPS) is 33.8. The number of hydrogen-bond acceptors (Lipinski definition) is 10. The van der Waals surface area contributed by atoms with Gasteiger partial charge in [-0.15, -0.1) is 0 Å². The van der Waals surface area contributed by atoms with Crippen LogP contribution in [0.3, 0.4) is 0 Å². The van der Waals surface area contributed by atoms with Crippen molar-refractivity contribution in [2.24, 2.45) is 0 Å². The summed E-state index contributed by atoms with van der Waals surface area (Å²) >= 11 is 0. The molecule has 160 valence electrons. The van der Waals surface area contributed by atoms with Crippen LogP contribution in [-0.2, 0) is 13.8 Å². The lowest BCUT2D eigenvalue weighted by molar-refractivity contribution is -0.108. The highest BCUT2D eigenvalue weighted by atomic mass is 31.2. The van der Waals surface area contributed by atoms with Crippen LogP contribution in [-0.4, -0.2) is 69.5 Å². The summed E-state index contributed by atoms with van der Waals surface area (Å²) in [4.78, 5) is 22.8. The lowest BCUT2D eigenvalue weighted by Gasteiger charge is -2.43. The van der Waals surface area contributed by atoms with Crippen molar-refractivity contribution < 1.29 is 34.0 Å². The molecule has 13 heteroatoms. The lowest BCUT2D eigenvalue weighted by atomic mass is 9.80. The molecular weight excluding hydrogens is 405 g/mol. The van der Waals surface area contributed by atoms with Gasteiger partial charge in [-0.2, -0.15) is 0 Å². The third-order valence-corrected chi connectivity index (χ3v) is 7.46. The Morgan fingerprint density at radius 2 is 2.10 bits per heavy atom. The van der Waals surface area contributed by atoms with E-state index in [0.717, 1.165) is 6.92 Å². The summed E-state index contributed by atoms with van der Waals surface area (Å²) in [6.07, 6.45) is -3.04. The molecule has 0 aromatic carbocycles. The number of nitrogens with two attached hydrogens (primary N) is 1. The van der Waals surface area contributed by atoms with Gasteiger partial charge in [-0.3, -0.25) is 13.7 Å². The molecule has 5 unspecified atom stereocenters. The monoisotopic (exact) mass is 429 g/mol. The molecule has 2 bridgehead atoms. The van der Waals surface area contributed by atoms with Crippen LogP contribution < -0.4 is 5.73 Å². The van der Waals surface area contributed by atoms with E-state index in [1.165, 1.54) is 10.9 Å². The molecule has 2 aromatic heterocycles. The number of fused-ring (bicyclic) bond motifs is 6. The van der Waals surface area contributed by atoms with E-state index in [1.54, 1.807) is 13.8 Å². The Hall–Kier alpha value is -1.66. The zero-order valence-electron chi connectivity index (χ0n) is 16.1. The van der Waals surface area contributed by atoms with E-state index in [0.29, 0.717) is 11.5 Å². The first-order chi connectivity index (χ1) is 13.5. The summed E-state index contributed by atoms with van der Waals surface area (Å²) in [6.45, 7) is 4.46. The average Bonchev–Trinajstić information content (AvgIpc) is 3.15. The summed E-state index contributed by atoms with van der Waals surface area (Å²) in [6, 6.07) is 0. The summed E-state index contributed by atoms with van der Waals surface area (Å²) < 4.78 is 25.5. The molecule has 0 radical (unpaired) electrons. The fourth-order valence-electron chi connectivity index (χ4n) is 4.07. The highest BCUT2D eigenvalue weighted by molar-refractivity contribution is 7.53. The topological polar surface area (TPSA) is 186 Å². The third-order valence-electron chi connectivity index (χ3n) is 5.84. The second-order valence-corrected chi connectivity index (χ2v) is 9.73. The molecule has 0 spiro atoms. The fraction of sp³-hybridized carbons (Fsp3) is 0.688. The van der Waals surface area contributed by atoms with Gasteiger partial charge in [0.2, 0.25) is 0 Å². The number of nitrogens with zero attached hydrogens (tertiary/aromatic N) is 4. The van der Waals surface area contributed by atoms with Gasteiger partial charge in [0.25, 0.3) is 0 Å². The Bertz CT molecular complexity index is 999. The number of ether oxygens (including phenoxy) is 1. The Kier molecular flexibility index (Phi) is 4.74. The highest BCUT2D eigenvalue weighted by Crippen LogP contribution is 2.57. The van der Waals surface area contributed by atoms with E-state index in [-0.39, 0.29) is 17.8 Å². The van der Waals surface area contributed by atoms with Crippen molar-refractivity contribution in [1.29, 1.82) is 0 Å². The van der Waals surface area contributed by atoms with Gasteiger partial charge < -0.3 is 30.7 Å².